The van der Waals surface area contributed by atoms with Crippen LogP contribution in [-0.2, 0) is 19.5 Å². The van der Waals surface area contributed by atoms with Crippen LogP contribution in [-0.4, -0.2) is 23.4 Å². The first-order chi connectivity index (χ1) is 14.5. The van der Waals surface area contributed by atoms with Gasteiger partial charge in [-0.25, -0.2) is 4.39 Å². The van der Waals surface area contributed by atoms with Gasteiger partial charge in [-0.15, -0.1) is 0 Å². The molecule has 0 fully saturated rings. The number of nitrogens with zero attached hydrogens (tertiary/aromatic N) is 1. The Kier molecular flexibility index (Phi) is 6.75. The minimum absolute atomic E-state index is 0.0703. The molecule has 0 radical (unpaired) electrons. The van der Waals surface area contributed by atoms with Crippen LogP contribution in [0, 0.1) is 5.82 Å². The van der Waals surface area contributed by atoms with Gasteiger partial charge in [-0.1, -0.05) is 48.5 Å². The summed E-state index contributed by atoms with van der Waals surface area (Å²) in [5.74, 6) is -1.68. The van der Waals surface area contributed by atoms with Gasteiger partial charge in [-0.3, -0.25) is 14.4 Å². The molecule has 0 aliphatic carbocycles. The molecule has 0 spiro atoms. The zero-order chi connectivity index (χ0) is 21.5. The maximum Gasteiger partial charge on any atom is 0.257 e. The van der Waals surface area contributed by atoms with Crippen molar-refractivity contribution in [2.75, 3.05) is 7.05 Å². The number of rotatable bonds is 7. The summed E-state index contributed by atoms with van der Waals surface area (Å²) in [6, 6.07) is 15.8. The zero-order valence-corrected chi connectivity index (χ0v) is 16.5. The maximum atomic E-state index is 13.8. The lowest BCUT2D eigenvalue weighted by molar-refractivity contribution is 0.0948. The van der Waals surface area contributed by atoms with E-state index in [0.29, 0.717) is 18.5 Å². The summed E-state index contributed by atoms with van der Waals surface area (Å²) in [7, 11) is 1.42. The molecular weight excluding hydrogens is 385 g/mol. The first kappa shape index (κ1) is 21.0. The second-order valence-electron chi connectivity index (χ2n) is 6.74. The van der Waals surface area contributed by atoms with E-state index in [1.54, 1.807) is 22.8 Å². The SMILES string of the molecule is CNC(=O)c1cn(CCc2ccccc2)cc(C(=O)NCc2ccccc2F)c1=O. The molecule has 0 atom stereocenters. The Hall–Kier alpha value is -3.74. The van der Waals surface area contributed by atoms with E-state index >= 15 is 0 Å². The number of amides is 2. The highest BCUT2D eigenvalue weighted by molar-refractivity contribution is 5.99. The molecule has 0 unspecified atom stereocenters. The van der Waals surface area contributed by atoms with E-state index in [1.807, 2.05) is 30.3 Å². The van der Waals surface area contributed by atoms with E-state index in [0.717, 1.165) is 5.56 Å². The molecule has 2 amide bonds. The van der Waals surface area contributed by atoms with Crippen molar-refractivity contribution in [3.63, 3.8) is 0 Å². The van der Waals surface area contributed by atoms with Crippen LogP contribution in [0.25, 0.3) is 0 Å². The number of carbonyl (C=O) groups is 2. The molecule has 0 saturated heterocycles. The molecule has 6 nitrogen and oxygen atoms in total. The van der Waals surface area contributed by atoms with Crippen LogP contribution in [0.4, 0.5) is 4.39 Å². The molecule has 1 heterocycles. The molecule has 0 aliphatic heterocycles. The Balaban J connectivity index is 1.85. The van der Waals surface area contributed by atoms with Crippen LogP contribution in [0.15, 0.2) is 71.8 Å². The fourth-order valence-electron chi connectivity index (χ4n) is 3.03. The Morgan fingerprint density at radius 2 is 1.57 bits per heavy atom. The topological polar surface area (TPSA) is 80.2 Å². The predicted octanol–water partition coefficient (Wildman–Crippen LogP) is 2.52. The predicted molar refractivity (Wildman–Crippen MR) is 112 cm³/mol. The highest BCUT2D eigenvalue weighted by Crippen LogP contribution is 2.07. The van der Waals surface area contributed by atoms with Gasteiger partial charge < -0.3 is 15.2 Å². The summed E-state index contributed by atoms with van der Waals surface area (Å²) in [4.78, 5) is 37.5. The number of hydrogen-bond acceptors (Lipinski definition) is 3. The number of carbonyl (C=O) groups excluding carboxylic acids is 2. The standard InChI is InChI=1S/C23H22FN3O3/c1-25-22(29)18-14-27(12-11-16-7-3-2-4-8-16)15-19(21(18)28)23(30)26-13-17-9-5-6-10-20(17)24/h2-10,14-15H,11-13H2,1H3,(H,25,29)(H,26,30). The summed E-state index contributed by atoms with van der Waals surface area (Å²) < 4.78 is 15.4. The third-order valence-corrected chi connectivity index (χ3v) is 4.69. The van der Waals surface area contributed by atoms with E-state index in [1.165, 1.54) is 25.5 Å². The van der Waals surface area contributed by atoms with E-state index in [2.05, 4.69) is 10.6 Å². The van der Waals surface area contributed by atoms with Gasteiger partial charge >= 0.3 is 0 Å². The number of benzene rings is 2. The van der Waals surface area contributed by atoms with E-state index in [4.69, 9.17) is 0 Å². The highest BCUT2D eigenvalue weighted by Gasteiger charge is 2.19. The number of pyridine rings is 1. The van der Waals surface area contributed by atoms with Crippen molar-refractivity contribution < 1.29 is 14.0 Å². The normalized spacial score (nSPS) is 10.5. The lowest BCUT2D eigenvalue weighted by Crippen LogP contribution is -2.34. The van der Waals surface area contributed by atoms with E-state index in [9.17, 15) is 18.8 Å². The third-order valence-electron chi connectivity index (χ3n) is 4.69. The highest BCUT2D eigenvalue weighted by atomic mass is 19.1. The summed E-state index contributed by atoms with van der Waals surface area (Å²) >= 11 is 0. The van der Waals surface area contributed by atoms with Crippen molar-refractivity contribution in [1.82, 2.24) is 15.2 Å². The molecule has 3 aromatic rings. The van der Waals surface area contributed by atoms with E-state index < -0.39 is 23.1 Å². The Morgan fingerprint density at radius 1 is 0.933 bits per heavy atom. The fourth-order valence-corrected chi connectivity index (χ4v) is 3.03. The number of hydrogen-bond donors (Lipinski definition) is 2. The van der Waals surface area contributed by atoms with Gasteiger partial charge in [0, 0.05) is 38.1 Å². The molecule has 2 aromatic carbocycles. The fraction of sp³-hybridized carbons (Fsp3) is 0.174. The Labute approximate surface area is 173 Å². The molecular formula is C23H22FN3O3. The molecule has 2 N–H and O–H groups in total. The molecule has 30 heavy (non-hydrogen) atoms. The van der Waals surface area contributed by atoms with Crippen LogP contribution in [0.3, 0.4) is 0 Å². The average molecular weight is 407 g/mol. The van der Waals surface area contributed by atoms with Crippen molar-refractivity contribution in [3.8, 4) is 0 Å². The van der Waals surface area contributed by atoms with Gasteiger partial charge in [-0.05, 0) is 18.1 Å². The largest absolute Gasteiger partial charge is 0.355 e. The monoisotopic (exact) mass is 407 g/mol. The third kappa shape index (κ3) is 5.00. The molecule has 0 aliphatic rings. The molecule has 7 heteroatoms. The number of aromatic nitrogens is 1. The molecule has 3 rings (SSSR count). The molecule has 0 saturated carbocycles. The first-order valence-corrected chi connectivity index (χ1v) is 9.51. The Bertz CT molecular complexity index is 1110. The number of nitrogens with one attached hydrogen (secondary N) is 2. The van der Waals surface area contributed by atoms with Crippen LogP contribution < -0.4 is 16.1 Å². The van der Waals surface area contributed by atoms with Crippen molar-refractivity contribution in [3.05, 3.63) is 105 Å². The first-order valence-electron chi connectivity index (χ1n) is 9.51. The summed E-state index contributed by atoms with van der Waals surface area (Å²) in [5, 5.41) is 4.98. The summed E-state index contributed by atoms with van der Waals surface area (Å²) in [6.45, 7) is 0.404. The smallest absolute Gasteiger partial charge is 0.257 e. The molecule has 154 valence electrons. The van der Waals surface area contributed by atoms with Gasteiger partial charge in [0.2, 0.25) is 5.43 Å². The van der Waals surface area contributed by atoms with Crippen molar-refractivity contribution in [1.29, 1.82) is 0 Å². The van der Waals surface area contributed by atoms with Gasteiger partial charge in [0.25, 0.3) is 11.8 Å². The summed E-state index contributed by atoms with van der Waals surface area (Å²) in [6.07, 6.45) is 3.53. The minimum Gasteiger partial charge on any atom is -0.355 e. The van der Waals surface area contributed by atoms with Gasteiger partial charge in [0.15, 0.2) is 0 Å². The average Bonchev–Trinajstić information content (AvgIpc) is 2.77. The zero-order valence-electron chi connectivity index (χ0n) is 16.5. The van der Waals surface area contributed by atoms with Crippen molar-refractivity contribution in [2.45, 2.75) is 19.5 Å². The van der Waals surface area contributed by atoms with Gasteiger partial charge in [0.05, 0.1) is 0 Å². The second-order valence-corrected chi connectivity index (χ2v) is 6.74. The maximum absolute atomic E-state index is 13.8. The lowest BCUT2D eigenvalue weighted by Gasteiger charge is -2.12. The molecule has 1 aromatic heterocycles. The van der Waals surface area contributed by atoms with Gasteiger partial charge in [0.1, 0.15) is 16.9 Å². The van der Waals surface area contributed by atoms with Crippen molar-refractivity contribution >= 4 is 11.8 Å². The van der Waals surface area contributed by atoms with Gasteiger partial charge in [-0.2, -0.15) is 0 Å². The van der Waals surface area contributed by atoms with Crippen LogP contribution >= 0.6 is 0 Å². The summed E-state index contributed by atoms with van der Waals surface area (Å²) in [5.41, 5.74) is 0.432. The Morgan fingerprint density at radius 3 is 2.23 bits per heavy atom. The van der Waals surface area contributed by atoms with Crippen LogP contribution in [0.2, 0.25) is 0 Å². The quantitative estimate of drug-likeness (QED) is 0.632. The molecule has 0 bridgehead atoms. The van der Waals surface area contributed by atoms with E-state index in [-0.39, 0.29) is 17.7 Å². The number of aryl methyl sites for hydroxylation is 2. The van der Waals surface area contributed by atoms with Crippen LogP contribution in [0.5, 0.6) is 0 Å². The lowest BCUT2D eigenvalue weighted by atomic mass is 10.1. The second kappa shape index (κ2) is 9.65. The van der Waals surface area contributed by atoms with Crippen molar-refractivity contribution in [2.24, 2.45) is 0 Å². The number of halogens is 1. The van der Waals surface area contributed by atoms with Crippen LogP contribution in [0.1, 0.15) is 31.8 Å². The minimum atomic E-state index is -0.670.